The maximum atomic E-state index is 14.0. The van der Waals surface area contributed by atoms with E-state index < -0.39 is 5.82 Å². The standard InChI is InChI=1S/C18H17FN4O/c1-2-16(24)23-18(20-12-13-8-4-3-5-9-13)21-17(22-23)14-10-6-7-11-15(14)19/h3-11H,2,12H2,1H3,(H,20,21,22). The van der Waals surface area contributed by atoms with Crippen molar-refractivity contribution in [1.82, 2.24) is 14.8 Å². The smallest absolute Gasteiger partial charge is 0.249 e. The molecule has 0 aliphatic heterocycles. The lowest BCUT2D eigenvalue weighted by Gasteiger charge is -2.06. The quantitative estimate of drug-likeness (QED) is 0.776. The van der Waals surface area contributed by atoms with Crippen molar-refractivity contribution < 1.29 is 9.18 Å². The van der Waals surface area contributed by atoms with Crippen LogP contribution in [0.25, 0.3) is 11.4 Å². The lowest BCUT2D eigenvalue weighted by atomic mass is 10.2. The number of hydrogen-bond acceptors (Lipinski definition) is 4. The summed E-state index contributed by atoms with van der Waals surface area (Å²) in [5.74, 6) is -0.136. The monoisotopic (exact) mass is 324 g/mol. The van der Waals surface area contributed by atoms with Gasteiger partial charge in [0.25, 0.3) is 0 Å². The summed E-state index contributed by atoms with van der Waals surface area (Å²) in [5, 5.41) is 7.28. The number of halogens is 1. The Kier molecular flexibility index (Phi) is 4.65. The van der Waals surface area contributed by atoms with E-state index in [1.54, 1.807) is 25.1 Å². The van der Waals surface area contributed by atoms with E-state index in [4.69, 9.17) is 0 Å². The van der Waals surface area contributed by atoms with Crippen LogP contribution in [-0.4, -0.2) is 20.7 Å². The third-order valence-electron chi connectivity index (χ3n) is 3.55. The van der Waals surface area contributed by atoms with Crippen molar-refractivity contribution in [3.8, 4) is 11.4 Å². The molecule has 0 amide bonds. The van der Waals surface area contributed by atoms with Crippen LogP contribution in [0.2, 0.25) is 0 Å². The van der Waals surface area contributed by atoms with E-state index in [0.29, 0.717) is 12.5 Å². The molecular weight excluding hydrogens is 307 g/mol. The minimum atomic E-state index is -0.423. The van der Waals surface area contributed by atoms with Crippen LogP contribution in [0.1, 0.15) is 23.7 Å². The van der Waals surface area contributed by atoms with Gasteiger partial charge in [-0.05, 0) is 17.7 Å². The molecule has 0 spiro atoms. The average molecular weight is 324 g/mol. The lowest BCUT2D eigenvalue weighted by molar-refractivity contribution is 0.0895. The van der Waals surface area contributed by atoms with Gasteiger partial charge in [-0.15, -0.1) is 5.10 Å². The molecule has 1 heterocycles. The molecule has 3 rings (SSSR count). The van der Waals surface area contributed by atoms with E-state index in [9.17, 15) is 9.18 Å². The van der Waals surface area contributed by atoms with Crippen LogP contribution in [0.3, 0.4) is 0 Å². The molecule has 2 aromatic carbocycles. The normalized spacial score (nSPS) is 10.6. The lowest BCUT2D eigenvalue weighted by Crippen LogP contribution is -2.15. The van der Waals surface area contributed by atoms with Gasteiger partial charge < -0.3 is 5.32 Å². The Morgan fingerprint density at radius 3 is 2.54 bits per heavy atom. The van der Waals surface area contributed by atoms with E-state index >= 15 is 0 Å². The van der Waals surface area contributed by atoms with Crippen LogP contribution in [0, 0.1) is 5.82 Å². The number of aromatic nitrogens is 3. The van der Waals surface area contributed by atoms with Crippen molar-refractivity contribution in [1.29, 1.82) is 0 Å². The molecule has 0 saturated carbocycles. The van der Waals surface area contributed by atoms with Crippen molar-refractivity contribution in [2.45, 2.75) is 19.9 Å². The van der Waals surface area contributed by atoms with Gasteiger partial charge in [-0.1, -0.05) is 49.4 Å². The zero-order chi connectivity index (χ0) is 16.9. The van der Waals surface area contributed by atoms with E-state index in [-0.39, 0.29) is 23.7 Å². The average Bonchev–Trinajstić information content (AvgIpc) is 3.04. The highest BCUT2D eigenvalue weighted by Crippen LogP contribution is 2.21. The summed E-state index contributed by atoms with van der Waals surface area (Å²) in [6, 6.07) is 16.0. The highest BCUT2D eigenvalue weighted by atomic mass is 19.1. The van der Waals surface area contributed by atoms with Crippen LogP contribution in [0.4, 0.5) is 10.3 Å². The molecule has 5 nitrogen and oxygen atoms in total. The molecule has 0 unspecified atom stereocenters. The number of benzene rings is 2. The Balaban J connectivity index is 1.92. The van der Waals surface area contributed by atoms with Gasteiger partial charge in [0.05, 0.1) is 5.56 Å². The molecule has 3 aromatic rings. The third kappa shape index (κ3) is 3.32. The summed E-state index contributed by atoms with van der Waals surface area (Å²) in [4.78, 5) is 16.4. The molecule has 24 heavy (non-hydrogen) atoms. The molecule has 0 fully saturated rings. The fourth-order valence-electron chi connectivity index (χ4n) is 2.28. The summed E-state index contributed by atoms with van der Waals surface area (Å²) in [6.07, 6.45) is 0.278. The Hall–Kier alpha value is -3.02. The van der Waals surface area contributed by atoms with Crippen LogP contribution in [0.15, 0.2) is 54.6 Å². The van der Waals surface area contributed by atoms with Crippen LogP contribution in [-0.2, 0) is 6.54 Å². The highest BCUT2D eigenvalue weighted by molar-refractivity contribution is 5.81. The van der Waals surface area contributed by atoms with Gasteiger partial charge in [-0.3, -0.25) is 4.79 Å². The van der Waals surface area contributed by atoms with Crippen molar-refractivity contribution in [3.63, 3.8) is 0 Å². The number of carbonyl (C=O) groups is 1. The zero-order valence-corrected chi connectivity index (χ0v) is 13.2. The SMILES string of the molecule is CCC(=O)n1nc(-c2ccccc2F)nc1NCc1ccccc1. The van der Waals surface area contributed by atoms with Crippen LogP contribution < -0.4 is 5.32 Å². The van der Waals surface area contributed by atoms with Gasteiger partial charge in [0.2, 0.25) is 11.9 Å². The molecule has 0 aliphatic carbocycles. The molecule has 6 heteroatoms. The van der Waals surface area contributed by atoms with E-state index in [1.165, 1.54) is 10.7 Å². The molecule has 0 bridgehead atoms. The fourth-order valence-corrected chi connectivity index (χ4v) is 2.28. The van der Waals surface area contributed by atoms with Gasteiger partial charge >= 0.3 is 0 Å². The number of hydrogen-bond donors (Lipinski definition) is 1. The second-order valence-electron chi connectivity index (χ2n) is 5.24. The topological polar surface area (TPSA) is 59.8 Å². The maximum absolute atomic E-state index is 14.0. The summed E-state index contributed by atoms with van der Waals surface area (Å²) in [5.41, 5.74) is 1.31. The number of carbonyl (C=O) groups excluding carboxylic acids is 1. The van der Waals surface area contributed by atoms with Gasteiger partial charge in [0.1, 0.15) is 5.82 Å². The van der Waals surface area contributed by atoms with Gasteiger partial charge in [0, 0.05) is 13.0 Å². The highest BCUT2D eigenvalue weighted by Gasteiger charge is 2.17. The summed E-state index contributed by atoms with van der Waals surface area (Å²) in [7, 11) is 0. The van der Waals surface area contributed by atoms with Crippen molar-refractivity contribution >= 4 is 11.9 Å². The largest absolute Gasteiger partial charge is 0.350 e. The molecular formula is C18H17FN4O. The first-order valence-electron chi connectivity index (χ1n) is 7.72. The van der Waals surface area contributed by atoms with Crippen LogP contribution in [0.5, 0.6) is 0 Å². The Morgan fingerprint density at radius 1 is 1.12 bits per heavy atom. The first-order chi connectivity index (χ1) is 11.7. The van der Waals surface area contributed by atoms with Crippen molar-refractivity contribution in [3.05, 3.63) is 66.0 Å². The Labute approximate surface area is 139 Å². The first-order valence-corrected chi connectivity index (χ1v) is 7.72. The minimum absolute atomic E-state index is 0.186. The number of nitrogens with zero attached hydrogens (tertiary/aromatic N) is 3. The number of anilines is 1. The van der Waals surface area contributed by atoms with Crippen LogP contribution >= 0.6 is 0 Å². The van der Waals surface area contributed by atoms with E-state index in [2.05, 4.69) is 15.4 Å². The summed E-state index contributed by atoms with van der Waals surface area (Å²) in [6.45, 7) is 2.24. The second kappa shape index (κ2) is 7.04. The predicted molar refractivity (Wildman–Crippen MR) is 90.1 cm³/mol. The third-order valence-corrected chi connectivity index (χ3v) is 3.55. The minimum Gasteiger partial charge on any atom is -0.350 e. The van der Waals surface area contributed by atoms with Gasteiger partial charge in [-0.2, -0.15) is 9.67 Å². The van der Waals surface area contributed by atoms with E-state index in [1.807, 2.05) is 30.3 Å². The molecule has 0 atom stereocenters. The molecule has 1 aromatic heterocycles. The molecule has 0 radical (unpaired) electrons. The van der Waals surface area contributed by atoms with Gasteiger partial charge in [-0.25, -0.2) is 4.39 Å². The Bertz CT molecular complexity index is 845. The number of rotatable bonds is 5. The first kappa shape index (κ1) is 15.9. The summed E-state index contributed by atoms with van der Waals surface area (Å²) < 4.78 is 15.2. The zero-order valence-electron chi connectivity index (χ0n) is 13.2. The summed E-state index contributed by atoms with van der Waals surface area (Å²) >= 11 is 0. The molecule has 0 saturated heterocycles. The van der Waals surface area contributed by atoms with Crippen molar-refractivity contribution in [2.24, 2.45) is 0 Å². The second-order valence-corrected chi connectivity index (χ2v) is 5.24. The maximum Gasteiger partial charge on any atom is 0.249 e. The van der Waals surface area contributed by atoms with Crippen molar-refractivity contribution in [2.75, 3.05) is 5.32 Å². The van der Waals surface area contributed by atoms with E-state index in [0.717, 1.165) is 5.56 Å². The predicted octanol–water partition coefficient (Wildman–Crippen LogP) is 3.75. The van der Waals surface area contributed by atoms with Gasteiger partial charge in [0.15, 0.2) is 5.82 Å². The number of nitrogens with one attached hydrogen (secondary N) is 1. The molecule has 0 aliphatic rings. The molecule has 122 valence electrons. The fraction of sp³-hybridized carbons (Fsp3) is 0.167. The molecule has 1 N–H and O–H groups in total. The Morgan fingerprint density at radius 2 is 1.83 bits per heavy atom.